The summed E-state index contributed by atoms with van der Waals surface area (Å²) >= 11 is 12.0. The molecule has 0 radical (unpaired) electrons. The molecule has 1 N–H and O–H groups in total. The van der Waals surface area contributed by atoms with E-state index in [2.05, 4.69) is 34.1 Å². The highest BCUT2D eigenvalue weighted by atomic mass is 35.5. The summed E-state index contributed by atoms with van der Waals surface area (Å²) in [6, 6.07) is 3.59. The van der Waals surface area contributed by atoms with Gasteiger partial charge in [-0.05, 0) is 18.9 Å². The van der Waals surface area contributed by atoms with E-state index in [1.54, 1.807) is 12.3 Å². The molecule has 6 heteroatoms. The Morgan fingerprint density at radius 2 is 1.95 bits per heavy atom. The standard InChI is InChI=1S/C14H16Cl2N4/c1-4-17-12-6-11(8(2)3)19-14(20-12)13-10(16)5-9(15)7-18-13/h5-8H,4H2,1-3H3,(H,17,19,20). The minimum Gasteiger partial charge on any atom is -0.370 e. The second-order valence-corrected chi connectivity index (χ2v) is 5.51. The predicted octanol–water partition coefficient (Wildman–Crippen LogP) is 4.40. The first kappa shape index (κ1) is 15.0. The molecule has 0 aromatic carbocycles. The first-order chi connectivity index (χ1) is 9.51. The molecule has 0 aliphatic rings. The number of anilines is 1. The molecule has 2 aromatic rings. The van der Waals surface area contributed by atoms with E-state index < -0.39 is 0 Å². The van der Waals surface area contributed by atoms with Crippen molar-refractivity contribution >= 4 is 29.0 Å². The van der Waals surface area contributed by atoms with Crippen molar-refractivity contribution in [1.82, 2.24) is 15.0 Å². The quantitative estimate of drug-likeness (QED) is 0.909. The van der Waals surface area contributed by atoms with Gasteiger partial charge in [0.15, 0.2) is 5.82 Å². The molecule has 0 saturated heterocycles. The maximum absolute atomic E-state index is 6.18. The Morgan fingerprint density at radius 1 is 1.20 bits per heavy atom. The van der Waals surface area contributed by atoms with Crippen molar-refractivity contribution in [3.63, 3.8) is 0 Å². The van der Waals surface area contributed by atoms with Crippen molar-refractivity contribution < 1.29 is 0 Å². The van der Waals surface area contributed by atoms with Crippen LogP contribution in [0.25, 0.3) is 11.5 Å². The van der Waals surface area contributed by atoms with Gasteiger partial charge in [-0.3, -0.25) is 0 Å². The van der Waals surface area contributed by atoms with Gasteiger partial charge in [0.05, 0.1) is 10.0 Å². The summed E-state index contributed by atoms with van der Waals surface area (Å²) in [5, 5.41) is 4.13. The second kappa shape index (κ2) is 6.37. The fraction of sp³-hybridized carbons (Fsp3) is 0.357. The molecule has 0 unspecified atom stereocenters. The lowest BCUT2D eigenvalue weighted by molar-refractivity contribution is 0.816. The van der Waals surface area contributed by atoms with E-state index in [1.165, 1.54) is 0 Å². The minimum absolute atomic E-state index is 0.292. The van der Waals surface area contributed by atoms with Crippen molar-refractivity contribution in [1.29, 1.82) is 0 Å². The largest absolute Gasteiger partial charge is 0.370 e. The fourth-order valence-electron chi connectivity index (χ4n) is 1.72. The molecule has 0 amide bonds. The van der Waals surface area contributed by atoms with Crippen LogP contribution in [-0.4, -0.2) is 21.5 Å². The maximum atomic E-state index is 6.18. The lowest BCUT2D eigenvalue weighted by Crippen LogP contribution is -2.05. The first-order valence-electron chi connectivity index (χ1n) is 6.45. The first-order valence-corrected chi connectivity index (χ1v) is 7.21. The maximum Gasteiger partial charge on any atom is 0.181 e. The number of hydrogen-bond acceptors (Lipinski definition) is 4. The van der Waals surface area contributed by atoms with Crippen LogP contribution in [0.3, 0.4) is 0 Å². The number of nitrogens with one attached hydrogen (secondary N) is 1. The normalized spacial score (nSPS) is 10.9. The highest BCUT2D eigenvalue weighted by Gasteiger charge is 2.13. The third-order valence-corrected chi connectivity index (χ3v) is 3.21. The Kier molecular flexibility index (Phi) is 4.78. The fourth-order valence-corrected chi connectivity index (χ4v) is 2.18. The molecule has 2 heterocycles. The molecular formula is C14H16Cl2N4. The van der Waals surface area contributed by atoms with Crippen molar-refractivity contribution in [3.05, 3.63) is 34.1 Å². The van der Waals surface area contributed by atoms with E-state index in [9.17, 15) is 0 Å². The Bertz CT molecular complexity index is 614. The summed E-state index contributed by atoms with van der Waals surface area (Å²) in [5.41, 5.74) is 1.48. The zero-order valence-corrected chi connectivity index (χ0v) is 13.1. The van der Waals surface area contributed by atoms with E-state index in [0.29, 0.717) is 27.5 Å². The van der Waals surface area contributed by atoms with Crippen LogP contribution in [-0.2, 0) is 0 Å². The SMILES string of the molecule is CCNc1cc(C(C)C)nc(-c2ncc(Cl)cc2Cl)n1. The number of rotatable bonds is 4. The summed E-state index contributed by atoms with van der Waals surface area (Å²) in [6.45, 7) is 6.97. The van der Waals surface area contributed by atoms with Crippen molar-refractivity contribution in [2.24, 2.45) is 0 Å². The predicted molar refractivity (Wildman–Crippen MR) is 83.5 cm³/mol. The Morgan fingerprint density at radius 3 is 2.55 bits per heavy atom. The van der Waals surface area contributed by atoms with Gasteiger partial charge >= 0.3 is 0 Å². The molecule has 4 nitrogen and oxygen atoms in total. The van der Waals surface area contributed by atoms with Gasteiger partial charge in [0.1, 0.15) is 11.5 Å². The Labute approximate surface area is 128 Å². The molecule has 106 valence electrons. The highest BCUT2D eigenvalue weighted by molar-refractivity contribution is 6.35. The van der Waals surface area contributed by atoms with Crippen LogP contribution in [0.4, 0.5) is 5.82 Å². The van der Waals surface area contributed by atoms with Crippen LogP contribution >= 0.6 is 23.2 Å². The summed E-state index contributed by atoms with van der Waals surface area (Å²) < 4.78 is 0. The third-order valence-electron chi connectivity index (χ3n) is 2.71. The molecule has 20 heavy (non-hydrogen) atoms. The van der Waals surface area contributed by atoms with E-state index in [4.69, 9.17) is 23.2 Å². The molecule has 0 fully saturated rings. The Balaban J connectivity index is 2.54. The van der Waals surface area contributed by atoms with Crippen LogP contribution in [0, 0.1) is 0 Å². The third kappa shape index (κ3) is 3.38. The van der Waals surface area contributed by atoms with Crippen molar-refractivity contribution in [3.8, 4) is 11.5 Å². The lowest BCUT2D eigenvalue weighted by atomic mass is 10.1. The summed E-state index contributed by atoms with van der Waals surface area (Å²) in [5.74, 6) is 1.57. The molecule has 2 aromatic heterocycles. The molecule has 2 rings (SSSR count). The monoisotopic (exact) mass is 310 g/mol. The van der Waals surface area contributed by atoms with Crippen molar-refractivity contribution in [2.45, 2.75) is 26.7 Å². The van der Waals surface area contributed by atoms with Gasteiger partial charge in [-0.25, -0.2) is 15.0 Å². The topological polar surface area (TPSA) is 50.7 Å². The molecule has 0 saturated carbocycles. The lowest BCUT2D eigenvalue weighted by Gasteiger charge is -2.11. The van der Waals surface area contributed by atoms with E-state index in [0.717, 1.165) is 18.1 Å². The average Bonchev–Trinajstić information content (AvgIpc) is 2.38. The number of pyridine rings is 1. The van der Waals surface area contributed by atoms with Gasteiger partial charge in [0.2, 0.25) is 0 Å². The van der Waals surface area contributed by atoms with Crippen LogP contribution in [0.5, 0.6) is 0 Å². The zero-order chi connectivity index (χ0) is 14.7. The summed E-state index contributed by atoms with van der Waals surface area (Å²) in [6.07, 6.45) is 1.54. The van der Waals surface area contributed by atoms with Gasteiger partial charge < -0.3 is 5.32 Å². The van der Waals surface area contributed by atoms with Gasteiger partial charge in [0, 0.05) is 24.5 Å². The molecule has 0 atom stereocenters. The van der Waals surface area contributed by atoms with Crippen LogP contribution in [0.1, 0.15) is 32.4 Å². The van der Waals surface area contributed by atoms with Crippen LogP contribution < -0.4 is 5.32 Å². The van der Waals surface area contributed by atoms with Crippen LogP contribution in [0.15, 0.2) is 18.3 Å². The molecule has 0 spiro atoms. The molecular weight excluding hydrogens is 295 g/mol. The van der Waals surface area contributed by atoms with E-state index >= 15 is 0 Å². The molecule has 0 bridgehead atoms. The highest BCUT2D eigenvalue weighted by Crippen LogP contribution is 2.27. The molecule has 0 aliphatic carbocycles. The number of aromatic nitrogens is 3. The Hall–Kier alpha value is -1.39. The summed E-state index contributed by atoms with van der Waals surface area (Å²) in [7, 11) is 0. The van der Waals surface area contributed by atoms with Crippen molar-refractivity contribution in [2.75, 3.05) is 11.9 Å². The van der Waals surface area contributed by atoms with E-state index in [-0.39, 0.29) is 0 Å². The number of nitrogens with zero attached hydrogens (tertiary/aromatic N) is 3. The summed E-state index contributed by atoms with van der Waals surface area (Å²) in [4.78, 5) is 13.2. The van der Waals surface area contributed by atoms with Gasteiger partial charge in [-0.15, -0.1) is 0 Å². The van der Waals surface area contributed by atoms with Crippen LogP contribution in [0.2, 0.25) is 10.0 Å². The van der Waals surface area contributed by atoms with E-state index in [1.807, 2.05) is 13.0 Å². The number of hydrogen-bond donors (Lipinski definition) is 1. The smallest absolute Gasteiger partial charge is 0.181 e. The van der Waals surface area contributed by atoms with Gasteiger partial charge in [-0.2, -0.15) is 0 Å². The minimum atomic E-state index is 0.292. The second-order valence-electron chi connectivity index (χ2n) is 4.67. The molecule has 0 aliphatic heterocycles. The van der Waals surface area contributed by atoms with Gasteiger partial charge in [0.25, 0.3) is 0 Å². The number of halogens is 2. The zero-order valence-electron chi connectivity index (χ0n) is 11.6. The average molecular weight is 311 g/mol. The van der Waals surface area contributed by atoms with Gasteiger partial charge in [-0.1, -0.05) is 37.0 Å².